The maximum atomic E-state index is 13.1. The van der Waals surface area contributed by atoms with Crippen LogP contribution >= 0.6 is 15.9 Å². The quantitative estimate of drug-likeness (QED) is 0.571. The lowest BCUT2D eigenvalue weighted by atomic mass is 10.0. The predicted octanol–water partition coefficient (Wildman–Crippen LogP) is 3.21. The number of ether oxygens (including phenoxy) is 3. The molecule has 0 bridgehead atoms. The molecule has 9 heteroatoms. The van der Waals surface area contributed by atoms with E-state index in [1.807, 2.05) is 31.2 Å². The summed E-state index contributed by atoms with van der Waals surface area (Å²) < 4.78 is 46.0. The monoisotopic (exact) mass is 498 g/mol. The number of rotatable bonds is 9. The van der Waals surface area contributed by atoms with Gasteiger partial charge in [0.25, 0.3) is 0 Å². The first-order valence-electron chi connectivity index (χ1n) is 9.82. The Morgan fingerprint density at radius 1 is 1.17 bits per heavy atom. The molecule has 1 aliphatic heterocycles. The number of nitrogens with zero attached hydrogens (tertiary/aromatic N) is 1. The molecule has 0 spiro atoms. The van der Waals surface area contributed by atoms with Crippen LogP contribution in [0.25, 0.3) is 0 Å². The normalized spacial score (nSPS) is 16.2. The van der Waals surface area contributed by atoms with Gasteiger partial charge in [0.1, 0.15) is 16.4 Å². The molecule has 2 aromatic carbocycles. The van der Waals surface area contributed by atoms with Crippen LogP contribution in [0.2, 0.25) is 0 Å². The molecular formula is C21H27BrN2O5S. The molecule has 2 aromatic rings. The van der Waals surface area contributed by atoms with Crippen molar-refractivity contribution in [1.29, 1.82) is 0 Å². The third kappa shape index (κ3) is 5.73. The summed E-state index contributed by atoms with van der Waals surface area (Å²) in [4.78, 5) is 2.35. The molecular weight excluding hydrogens is 472 g/mol. The largest absolute Gasteiger partial charge is 0.497 e. The van der Waals surface area contributed by atoms with Gasteiger partial charge in [-0.1, -0.05) is 28.1 Å². The smallest absolute Gasteiger partial charge is 0.244 e. The number of halogens is 1. The highest BCUT2D eigenvalue weighted by Crippen LogP contribution is 2.29. The predicted molar refractivity (Wildman–Crippen MR) is 119 cm³/mol. The fraction of sp³-hybridized carbons (Fsp3) is 0.429. The second-order valence-corrected chi connectivity index (χ2v) is 9.46. The molecule has 0 saturated carbocycles. The number of benzene rings is 2. The molecule has 0 amide bonds. The second kappa shape index (κ2) is 10.6. The van der Waals surface area contributed by atoms with Crippen LogP contribution in [-0.4, -0.2) is 59.9 Å². The lowest BCUT2D eigenvalue weighted by Gasteiger charge is -2.35. The van der Waals surface area contributed by atoms with Gasteiger partial charge in [-0.3, -0.25) is 4.90 Å². The molecule has 0 radical (unpaired) electrons. The molecule has 1 saturated heterocycles. The Labute approximate surface area is 186 Å². The van der Waals surface area contributed by atoms with Gasteiger partial charge < -0.3 is 14.2 Å². The second-order valence-electron chi connectivity index (χ2n) is 6.81. The van der Waals surface area contributed by atoms with E-state index < -0.39 is 10.0 Å². The van der Waals surface area contributed by atoms with E-state index in [0.29, 0.717) is 30.0 Å². The molecule has 1 atom stereocenters. The maximum absolute atomic E-state index is 13.1. The molecule has 0 aliphatic carbocycles. The van der Waals surface area contributed by atoms with Crippen molar-refractivity contribution in [3.05, 3.63) is 52.5 Å². The van der Waals surface area contributed by atoms with Crippen molar-refractivity contribution >= 4 is 26.0 Å². The Hall–Kier alpha value is -1.65. The van der Waals surface area contributed by atoms with Gasteiger partial charge in [-0.2, -0.15) is 0 Å². The van der Waals surface area contributed by atoms with Crippen LogP contribution in [0.4, 0.5) is 0 Å². The van der Waals surface area contributed by atoms with E-state index in [0.717, 1.165) is 24.4 Å². The Bertz CT molecular complexity index is 931. The lowest BCUT2D eigenvalue weighted by molar-refractivity contribution is 0.0172. The Balaban J connectivity index is 1.84. The molecule has 1 N–H and O–H groups in total. The van der Waals surface area contributed by atoms with Crippen LogP contribution in [0.3, 0.4) is 0 Å². The van der Waals surface area contributed by atoms with Crippen LogP contribution in [0.15, 0.2) is 51.8 Å². The van der Waals surface area contributed by atoms with Gasteiger partial charge in [-0.05, 0) is 42.8 Å². The molecule has 30 heavy (non-hydrogen) atoms. The molecule has 164 valence electrons. The summed E-state index contributed by atoms with van der Waals surface area (Å²) in [6.45, 7) is 5.15. The zero-order chi connectivity index (χ0) is 21.6. The van der Waals surface area contributed by atoms with Gasteiger partial charge in [0.05, 0.1) is 26.9 Å². The topological polar surface area (TPSA) is 77.1 Å². The van der Waals surface area contributed by atoms with Crippen molar-refractivity contribution in [2.45, 2.75) is 17.9 Å². The van der Waals surface area contributed by atoms with E-state index in [2.05, 4.69) is 25.6 Å². The van der Waals surface area contributed by atoms with Crippen molar-refractivity contribution < 1.29 is 22.6 Å². The third-order valence-corrected chi connectivity index (χ3v) is 6.89. The average molecular weight is 499 g/mol. The van der Waals surface area contributed by atoms with Gasteiger partial charge in [-0.15, -0.1) is 0 Å². The number of hydrogen-bond donors (Lipinski definition) is 1. The molecule has 3 rings (SSSR count). The van der Waals surface area contributed by atoms with E-state index in [-0.39, 0.29) is 17.5 Å². The van der Waals surface area contributed by atoms with Crippen LogP contribution in [-0.2, 0) is 14.8 Å². The maximum Gasteiger partial charge on any atom is 0.244 e. The van der Waals surface area contributed by atoms with E-state index >= 15 is 0 Å². The Morgan fingerprint density at radius 2 is 1.87 bits per heavy atom. The third-order valence-electron chi connectivity index (χ3n) is 4.95. The summed E-state index contributed by atoms with van der Waals surface area (Å²) in [6.07, 6.45) is 0. The standard InChI is InChI=1S/C21H27BrN2O5S/c1-3-29-20-9-6-17(22)14-21(20)30(25,26)23-15-19(24-10-12-28-13-11-24)16-4-7-18(27-2)8-5-16/h4-9,14,19,23H,3,10-13,15H2,1-2H3/t19-/m1/s1. The van der Waals surface area contributed by atoms with Gasteiger partial charge in [-0.25, -0.2) is 13.1 Å². The molecule has 0 unspecified atom stereocenters. The molecule has 1 heterocycles. The van der Waals surface area contributed by atoms with Crippen molar-refractivity contribution in [2.24, 2.45) is 0 Å². The van der Waals surface area contributed by atoms with E-state index in [1.165, 1.54) is 0 Å². The van der Waals surface area contributed by atoms with Crippen LogP contribution < -0.4 is 14.2 Å². The Kier molecular flexibility index (Phi) is 8.13. The highest BCUT2D eigenvalue weighted by Gasteiger charge is 2.26. The summed E-state index contributed by atoms with van der Waals surface area (Å²) in [5, 5.41) is 0. The van der Waals surface area contributed by atoms with E-state index in [9.17, 15) is 8.42 Å². The number of methoxy groups -OCH3 is 1. The summed E-state index contributed by atoms with van der Waals surface area (Å²) in [5.41, 5.74) is 1.01. The molecule has 1 fully saturated rings. The fourth-order valence-electron chi connectivity index (χ4n) is 3.41. The summed E-state index contributed by atoms with van der Waals surface area (Å²) >= 11 is 3.35. The minimum atomic E-state index is -3.78. The van der Waals surface area contributed by atoms with Crippen LogP contribution in [0.5, 0.6) is 11.5 Å². The first kappa shape index (κ1) is 23.0. The van der Waals surface area contributed by atoms with E-state index in [1.54, 1.807) is 25.3 Å². The average Bonchev–Trinajstić information content (AvgIpc) is 2.76. The number of nitrogens with one attached hydrogen (secondary N) is 1. The minimum Gasteiger partial charge on any atom is -0.497 e. The summed E-state index contributed by atoms with van der Waals surface area (Å²) in [5.74, 6) is 1.09. The first-order chi connectivity index (χ1) is 14.4. The fourth-order valence-corrected chi connectivity index (χ4v) is 5.13. The SMILES string of the molecule is CCOc1ccc(Br)cc1S(=O)(=O)NC[C@H](c1ccc(OC)cc1)N1CCOCC1. The summed E-state index contributed by atoms with van der Waals surface area (Å²) in [7, 11) is -2.16. The van der Waals surface area contributed by atoms with Gasteiger partial charge in [0.15, 0.2) is 0 Å². The van der Waals surface area contributed by atoms with Gasteiger partial charge >= 0.3 is 0 Å². The molecule has 0 aromatic heterocycles. The van der Waals surface area contributed by atoms with Crippen molar-refractivity contribution in [3.63, 3.8) is 0 Å². The first-order valence-corrected chi connectivity index (χ1v) is 12.1. The molecule has 1 aliphatic rings. The number of sulfonamides is 1. The highest BCUT2D eigenvalue weighted by molar-refractivity contribution is 9.10. The zero-order valence-electron chi connectivity index (χ0n) is 17.1. The number of hydrogen-bond acceptors (Lipinski definition) is 6. The lowest BCUT2D eigenvalue weighted by Crippen LogP contribution is -2.43. The van der Waals surface area contributed by atoms with Gasteiger partial charge in [0.2, 0.25) is 10.0 Å². The number of morpholine rings is 1. The van der Waals surface area contributed by atoms with Crippen molar-refractivity contribution in [2.75, 3.05) is 46.6 Å². The molecule has 7 nitrogen and oxygen atoms in total. The van der Waals surface area contributed by atoms with Crippen molar-refractivity contribution in [3.8, 4) is 11.5 Å². The Morgan fingerprint density at radius 3 is 2.50 bits per heavy atom. The summed E-state index contributed by atoms with van der Waals surface area (Å²) in [6, 6.07) is 12.6. The highest BCUT2D eigenvalue weighted by atomic mass is 79.9. The van der Waals surface area contributed by atoms with E-state index in [4.69, 9.17) is 14.2 Å². The van der Waals surface area contributed by atoms with Crippen LogP contribution in [0, 0.1) is 0 Å². The minimum absolute atomic E-state index is 0.120. The van der Waals surface area contributed by atoms with Crippen molar-refractivity contribution in [1.82, 2.24) is 9.62 Å². The van der Waals surface area contributed by atoms with Gasteiger partial charge in [0, 0.05) is 30.1 Å². The zero-order valence-corrected chi connectivity index (χ0v) is 19.5. The van der Waals surface area contributed by atoms with Crippen LogP contribution in [0.1, 0.15) is 18.5 Å².